The van der Waals surface area contributed by atoms with Crippen molar-refractivity contribution in [3.8, 4) is 0 Å². The fourth-order valence-electron chi connectivity index (χ4n) is 3.29. The lowest BCUT2D eigenvalue weighted by Crippen LogP contribution is -2.36. The second-order valence-electron chi connectivity index (χ2n) is 6.07. The summed E-state index contributed by atoms with van der Waals surface area (Å²) in [6, 6.07) is 7.76. The number of carbonyl (C=O) groups excluding carboxylic acids is 1. The third-order valence-electron chi connectivity index (χ3n) is 4.53. The zero-order valence-corrected chi connectivity index (χ0v) is 13.3. The largest absolute Gasteiger partial charge is 0.334 e. The smallest absolute Gasteiger partial charge is 0.259 e. The first kappa shape index (κ1) is 14.0. The highest BCUT2D eigenvalue weighted by Gasteiger charge is 2.25. The molecule has 0 atom stereocenters. The van der Waals surface area contributed by atoms with Crippen LogP contribution in [0.15, 0.2) is 49.1 Å². The van der Waals surface area contributed by atoms with Crippen LogP contribution in [0.25, 0.3) is 16.7 Å². The van der Waals surface area contributed by atoms with Crippen LogP contribution in [0.2, 0.25) is 0 Å². The van der Waals surface area contributed by atoms with Gasteiger partial charge in [0, 0.05) is 49.2 Å². The second kappa shape index (κ2) is 5.34. The average Bonchev–Trinajstić information content (AvgIpc) is 3.09. The number of amides is 1. The van der Waals surface area contributed by atoms with Gasteiger partial charge in [0.2, 0.25) is 0 Å². The minimum atomic E-state index is -0.0503. The fourth-order valence-corrected chi connectivity index (χ4v) is 3.29. The summed E-state index contributed by atoms with van der Waals surface area (Å²) in [4.78, 5) is 28.0. The highest BCUT2D eigenvalue weighted by atomic mass is 16.2. The highest BCUT2D eigenvalue weighted by molar-refractivity contribution is 5.99. The SMILES string of the molecule is O=C(c1cnn2cccnc12)N1CCc2nc3ncccc3cc2C1. The maximum absolute atomic E-state index is 12.9. The molecule has 0 unspecified atom stereocenters. The quantitative estimate of drug-likeness (QED) is 0.532. The van der Waals surface area contributed by atoms with E-state index in [1.807, 2.05) is 17.0 Å². The summed E-state index contributed by atoms with van der Waals surface area (Å²) in [7, 11) is 0. The summed E-state index contributed by atoms with van der Waals surface area (Å²) in [5.74, 6) is -0.0503. The van der Waals surface area contributed by atoms with Crippen LogP contribution in [0.5, 0.6) is 0 Å². The second-order valence-corrected chi connectivity index (χ2v) is 6.07. The topological polar surface area (TPSA) is 76.3 Å². The molecule has 0 fully saturated rings. The number of rotatable bonds is 1. The fraction of sp³-hybridized carbons (Fsp3) is 0.167. The Morgan fingerprint density at radius 1 is 1.16 bits per heavy atom. The van der Waals surface area contributed by atoms with Gasteiger partial charge < -0.3 is 4.90 Å². The first-order valence-corrected chi connectivity index (χ1v) is 8.11. The molecule has 1 amide bonds. The predicted octanol–water partition coefficient (Wildman–Crippen LogP) is 1.87. The van der Waals surface area contributed by atoms with E-state index in [9.17, 15) is 4.79 Å². The molecule has 1 aliphatic heterocycles. The van der Waals surface area contributed by atoms with Crippen molar-refractivity contribution >= 4 is 22.6 Å². The number of hydrogen-bond acceptors (Lipinski definition) is 5. The monoisotopic (exact) mass is 330 g/mol. The van der Waals surface area contributed by atoms with Gasteiger partial charge in [-0.2, -0.15) is 5.10 Å². The van der Waals surface area contributed by atoms with E-state index >= 15 is 0 Å². The van der Waals surface area contributed by atoms with Crippen molar-refractivity contribution in [3.63, 3.8) is 0 Å². The average molecular weight is 330 g/mol. The number of hydrogen-bond donors (Lipinski definition) is 0. The Labute approximate surface area is 143 Å². The number of fused-ring (bicyclic) bond motifs is 3. The van der Waals surface area contributed by atoms with Gasteiger partial charge in [-0.3, -0.25) is 4.79 Å². The summed E-state index contributed by atoms with van der Waals surface area (Å²) in [6.07, 6.45) is 7.51. The van der Waals surface area contributed by atoms with Gasteiger partial charge in [0.25, 0.3) is 5.91 Å². The minimum Gasteiger partial charge on any atom is -0.334 e. The molecule has 0 bridgehead atoms. The van der Waals surface area contributed by atoms with Crippen LogP contribution >= 0.6 is 0 Å². The zero-order chi connectivity index (χ0) is 16.8. The number of pyridine rings is 2. The van der Waals surface area contributed by atoms with Crippen molar-refractivity contribution < 1.29 is 4.79 Å². The molecule has 25 heavy (non-hydrogen) atoms. The maximum Gasteiger partial charge on any atom is 0.259 e. The zero-order valence-electron chi connectivity index (χ0n) is 13.3. The van der Waals surface area contributed by atoms with Crippen molar-refractivity contribution in [1.82, 2.24) is 29.5 Å². The molecule has 5 heterocycles. The standard InChI is InChI=1S/C18H14N6O/c25-18(14-10-21-24-7-2-6-20-17(14)24)23-8-4-15-13(11-23)9-12-3-1-5-19-16(12)22-15/h1-3,5-7,9-10H,4,8,11H2. The van der Waals surface area contributed by atoms with E-state index < -0.39 is 0 Å². The van der Waals surface area contributed by atoms with Crippen molar-refractivity contribution in [3.05, 3.63) is 65.9 Å². The van der Waals surface area contributed by atoms with E-state index in [0.29, 0.717) is 24.3 Å². The van der Waals surface area contributed by atoms with Gasteiger partial charge in [-0.05, 0) is 29.8 Å². The van der Waals surface area contributed by atoms with Gasteiger partial charge in [0.15, 0.2) is 11.3 Å². The third kappa shape index (κ3) is 2.24. The normalized spacial score (nSPS) is 14.0. The molecule has 7 nitrogen and oxygen atoms in total. The summed E-state index contributed by atoms with van der Waals surface area (Å²) in [5, 5.41) is 5.20. The van der Waals surface area contributed by atoms with Crippen LogP contribution in [0, 0.1) is 0 Å². The summed E-state index contributed by atoms with van der Waals surface area (Å²) >= 11 is 0. The molecule has 7 heteroatoms. The molecule has 5 rings (SSSR count). The molecular formula is C18H14N6O. The molecule has 122 valence electrons. The van der Waals surface area contributed by atoms with Crippen LogP contribution in [-0.2, 0) is 13.0 Å². The first-order valence-electron chi connectivity index (χ1n) is 8.11. The molecule has 1 aliphatic rings. The van der Waals surface area contributed by atoms with E-state index in [1.54, 1.807) is 35.4 Å². The van der Waals surface area contributed by atoms with Gasteiger partial charge in [0.05, 0.1) is 6.20 Å². The molecule has 0 aliphatic carbocycles. The first-order chi connectivity index (χ1) is 12.3. The lowest BCUT2D eigenvalue weighted by atomic mass is 10.0. The molecule has 0 saturated carbocycles. The van der Waals surface area contributed by atoms with Crippen LogP contribution in [0.1, 0.15) is 21.6 Å². The summed E-state index contributed by atoms with van der Waals surface area (Å²) < 4.78 is 1.62. The lowest BCUT2D eigenvalue weighted by molar-refractivity contribution is 0.0735. The summed E-state index contributed by atoms with van der Waals surface area (Å²) in [6.45, 7) is 1.16. The number of nitrogens with zero attached hydrogens (tertiary/aromatic N) is 6. The van der Waals surface area contributed by atoms with E-state index in [2.05, 4.69) is 26.1 Å². The molecule has 4 aromatic heterocycles. The minimum absolute atomic E-state index is 0.0503. The van der Waals surface area contributed by atoms with Crippen LogP contribution in [0.4, 0.5) is 0 Å². The van der Waals surface area contributed by atoms with Crippen molar-refractivity contribution in [1.29, 1.82) is 0 Å². The van der Waals surface area contributed by atoms with E-state index in [-0.39, 0.29) is 5.91 Å². The Kier molecular flexibility index (Phi) is 3.00. The Hall–Kier alpha value is -3.35. The molecule has 0 radical (unpaired) electrons. The Morgan fingerprint density at radius 2 is 2.08 bits per heavy atom. The molecule has 0 saturated heterocycles. The predicted molar refractivity (Wildman–Crippen MR) is 91.0 cm³/mol. The van der Waals surface area contributed by atoms with Gasteiger partial charge in [0.1, 0.15) is 5.56 Å². The van der Waals surface area contributed by atoms with Crippen molar-refractivity contribution in [2.45, 2.75) is 13.0 Å². The summed E-state index contributed by atoms with van der Waals surface area (Å²) in [5.41, 5.74) is 3.96. The van der Waals surface area contributed by atoms with Gasteiger partial charge in [-0.1, -0.05) is 0 Å². The van der Waals surface area contributed by atoms with Crippen molar-refractivity contribution in [2.24, 2.45) is 0 Å². The molecule has 0 aromatic carbocycles. The Balaban J connectivity index is 1.50. The molecule has 4 aromatic rings. The van der Waals surface area contributed by atoms with E-state index in [0.717, 1.165) is 28.7 Å². The highest BCUT2D eigenvalue weighted by Crippen LogP contribution is 2.23. The number of aromatic nitrogens is 5. The van der Waals surface area contributed by atoms with Crippen LogP contribution < -0.4 is 0 Å². The van der Waals surface area contributed by atoms with Gasteiger partial charge in [-0.25, -0.2) is 19.5 Å². The van der Waals surface area contributed by atoms with Gasteiger partial charge >= 0.3 is 0 Å². The van der Waals surface area contributed by atoms with E-state index in [1.165, 1.54) is 0 Å². The lowest BCUT2D eigenvalue weighted by Gasteiger charge is -2.28. The number of carbonyl (C=O) groups is 1. The molecule has 0 N–H and O–H groups in total. The molecular weight excluding hydrogens is 316 g/mol. The maximum atomic E-state index is 12.9. The van der Waals surface area contributed by atoms with E-state index in [4.69, 9.17) is 0 Å². The van der Waals surface area contributed by atoms with Crippen LogP contribution in [0.3, 0.4) is 0 Å². The third-order valence-corrected chi connectivity index (χ3v) is 4.53. The van der Waals surface area contributed by atoms with Gasteiger partial charge in [-0.15, -0.1) is 0 Å². The Morgan fingerprint density at radius 3 is 3.04 bits per heavy atom. The van der Waals surface area contributed by atoms with Crippen molar-refractivity contribution in [2.75, 3.05) is 6.54 Å². The molecule has 0 spiro atoms. The van der Waals surface area contributed by atoms with Crippen LogP contribution in [-0.4, -0.2) is 41.9 Å². The Bertz CT molecular complexity index is 1120.